The van der Waals surface area contributed by atoms with Crippen molar-refractivity contribution in [1.29, 1.82) is 0 Å². The van der Waals surface area contributed by atoms with Crippen LogP contribution in [0, 0.1) is 0 Å². The standard InChI is InChI=1S/C2H5O6P.Na.H/c1-2(3)7-8-9(4,5)6;;/h1H3,(H2,4,5,6);;. The minimum atomic E-state index is -4.66. The molecular weight excluding hydrogens is 174 g/mol. The number of hydrogen-bond acceptors (Lipinski definition) is 4. The van der Waals surface area contributed by atoms with Gasteiger partial charge in [0.15, 0.2) is 0 Å². The second kappa shape index (κ2) is 5.26. The second-order valence-electron chi connectivity index (χ2n) is 1.14. The van der Waals surface area contributed by atoms with E-state index < -0.39 is 13.8 Å². The van der Waals surface area contributed by atoms with Gasteiger partial charge in [-0.15, -0.1) is 0 Å². The Hall–Kier alpha value is 0.580. The molecule has 0 bridgehead atoms. The van der Waals surface area contributed by atoms with E-state index in [4.69, 9.17) is 9.79 Å². The Labute approximate surface area is 79.0 Å². The number of phosphoric acid groups is 1. The van der Waals surface area contributed by atoms with Crippen molar-refractivity contribution in [1.82, 2.24) is 0 Å². The van der Waals surface area contributed by atoms with Gasteiger partial charge < -0.3 is 9.79 Å². The van der Waals surface area contributed by atoms with Gasteiger partial charge in [-0.05, 0) is 0 Å². The van der Waals surface area contributed by atoms with E-state index in [9.17, 15) is 9.36 Å². The molecule has 0 spiro atoms. The van der Waals surface area contributed by atoms with E-state index in [2.05, 4.69) is 9.56 Å². The molecule has 0 heterocycles. The van der Waals surface area contributed by atoms with Crippen molar-refractivity contribution in [2.45, 2.75) is 6.92 Å². The molecule has 0 aromatic heterocycles. The predicted molar refractivity (Wildman–Crippen MR) is 32.0 cm³/mol. The Balaban J connectivity index is 0. The maximum atomic E-state index is 9.80. The summed E-state index contributed by atoms with van der Waals surface area (Å²) in [5.74, 6) is -0.918. The molecule has 0 unspecified atom stereocenters. The van der Waals surface area contributed by atoms with E-state index in [0.29, 0.717) is 0 Å². The van der Waals surface area contributed by atoms with Crippen LogP contribution in [0.5, 0.6) is 0 Å². The maximum absolute atomic E-state index is 9.80. The van der Waals surface area contributed by atoms with Crippen molar-refractivity contribution in [3.05, 3.63) is 0 Å². The average molecular weight is 180 g/mol. The molecule has 0 amide bonds. The number of carbonyl (C=O) groups is 1. The zero-order valence-corrected chi connectivity index (χ0v) is 5.37. The molecule has 0 atom stereocenters. The average Bonchev–Trinajstić information content (AvgIpc) is 1.59. The fraction of sp³-hybridized carbons (Fsp3) is 0.500. The molecule has 2 N–H and O–H groups in total. The van der Waals surface area contributed by atoms with Crippen LogP contribution in [0.15, 0.2) is 0 Å². The van der Waals surface area contributed by atoms with Crippen LogP contribution in [0.4, 0.5) is 0 Å². The van der Waals surface area contributed by atoms with Crippen molar-refractivity contribution >= 4 is 43.3 Å². The molecule has 0 radical (unpaired) electrons. The molecule has 56 valence electrons. The van der Waals surface area contributed by atoms with Crippen LogP contribution in [-0.4, -0.2) is 45.3 Å². The van der Waals surface area contributed by atoms with Crippen LogP contribution >= 0.6 is 7.82 Å². The molecular formula is C2H6NaO6P. The van der Waals surface area contributed by atoms with Crippen molar-refractivity contribution in [3.63, 3.8) is 0 Å². The summed E-state index contributed by atoms with van der Waals surface area (Å²) in [5.41, 5.74) is 0. The van der Waals surface area contributed by atoms with E-state index >= 15 is 0 Å². The third-order valence-corrected chi connectivity index (χ3v) is 0.520. The summed E-state index contributed by atoms with van der Waals surface area (Å²) in [6.07, 6.45) is 0. The van der Waals surface area contributed by atoms with Gasteiger partial charge in [-0.1, -0.05) is 4.67 Å². The number of carbonyl (C=O) groups excluding carboxylic acids is 1. The molecule has 0 saturated heterocycles. The monoisotopic (exact) mass is 180 g/mol. The number of rotatable bonds is 2. The van der Waals surface area contributed by atoms with Gasteiger partial charge in [0.2, 0.25) is 0 Å². The molecule has 0 rings (SSSR count). The quantitative estimate of drug-likeness (QED) is 0.243. The minimum absolute atomic E-state index is 0. The van der Waals surface area contributed by atoms with Gasteiger partial charge in [0.1, 0.15) is 0 Å². The first-order valence-corrected chi connectivity index (χ1v) is 3.37. The third kappa shape index (κ3) is 11.4. The topological polar surface area (TPSA) is 93.1 Å². The van der Waals surface area contributed by atoms with Crippen LogP contribution in [0.3, 0.4) is 0 Å². The normalized spacial score (nSPS) is 9.90. The molecule has 8 heteroatoms. The van der Waals surface area contributed by atoms with Crippen molar-refractivity contribution < 1.29 is 28.7 Å². The molecule has 10 heavy (non-hydrogen) atoms. The summed E-state index contributed by atoms with van der Waals surface area (Å²) in [6, 6.07) is 0. The molecule has 0 fully saturated rings. The summed E-state index contributed by atoms with van der Waals surface area (Å²) in [6.45, 7) is 0.954. The molecule has 0 saturated carbocycles. The Morgan fingerprint density at radius 3 is 2.00 bits per heavy atom. The van der Waals surface area contributed by atoms with Gasteiger partial charge >= 0.3 is 43.3 Å². The van der Waals surface area contributed by atoms with E-state index in [0.717, 1.165) is 6.92 Å². The van der Waals surface area contributed by atoms with Crippen molar-refractivity contribution in [2.75, 3.05) is 0 Å². The van der Waals surface area contributed by atoms with Crippen LogP contribution in [0.1, 0.15) is 6.92 Å². The summed E-state index contributed by atoms with van der Waals surface area (Å²) >= 11 is 0. The molecule has 0 aliphatic heterocycles. The van der Waals surface area contributed by atoms with E-state index in [1.807, 2.05) is 0 Å². The Kier molecular flexibility index (Phi) is 6.94. The Bertz CT molecular complexity index is 150. The summed E-state index contributed by atoms with van der Waals surface area (Å²) in [5, 5.41) is 0. The van der Waals surface area contributed by atoms with Crippen molar-refractivity contribution in [2.24, 2.45) is 0 Å². The summed E-state index contributed by atoms with van der Waals surface area (Å²) < 4.78 is 13.0. The fourth-order valence-corrected chi connectivity index (χ4v) is 0.303. The zero-order valence-electron chi connectivity index (χ0n) is 4.47. The molecule has 6 nitrogen and oxygen atoms in total. The Morgan fingerprint density at radius 2 is 1.90 bits per heavy atom. The predicted octanol–water partition coefficient (Wildman–Crippen LogP) is -1.07. The molecule has 0 aliphatic rings. The zero-order chi connectivity index (χ0) is 7.49. The van der Waals surface area contributed by atoms with Gasteiger partial charge in [-0.2, -0.15) is 0 Å². The van der Waals surface area contributed by atoms with Crippen LogP contribution < -0.4 is 0 Å². The Morgan fingerprint density at radius 1 is 1.50 bits per heavy atom. The van der Waals surface area contributed by atoms with Crippen molar-refractivity contribution in [3.8, 4) is 0 Å². The van der Waals surface area contributed by atoms with Gasteiger partial charge in [-0.25, -0.2) is 9.36 Å². The molecule has 0 aliphatic carbocycles. The van der Waals surface area contributed by atoms with Gasteiger partial charge in [0.25, 0.3) is 0 Å². The first-order chi connectivity index (χ1) is 3.92. The van der Waals surface area contributed by atoms with E-state index in [1.165, 1.54) is 0 Å². The third-order valence-electron chi connectivity index (χ3n) is 0.252. The fourth-order valence-electron chi connectivity index (χ4n) is 0.101. The SMILES string of the molecule is CC(=O)OOP(=O)(O)O.[NaH]. The first kappa shape index (κ1) is 13.2. The van der Waals surface area contributed by atoms with E-state index in [1.54, 1.807) is 0 Å². The van der Waals surface area contributed by atoms with Gasteiger partial charge in [0, 0.05) is 6.92 Å². The van der Waals surface area contributed by atoms with Crippen LogP contribution in [0.2, 0.25) is 0 Å². The second-order valence-corrected chi connectivity index (χ2v) is 2.27. The van der Waals surface area contributed by atoms with Crippen LogP contribution in [-0.2, 0) is 18.9 Å². The number of hydrogen-bond donors (Lipinski definition) is 2. The first-order valence-electron chi connectivity index (χ1n) is 1.84. The van der Waals surface area contributed by atoms with Gasteiger partial charge in [-0.3, -0.25) is 4.89 Å². The van der Waals surface area contributed by atoms with Crippen LogP contribution in [0.25, 0.3) is 0 Å². The van der Waals surface area contributed by atoms with Gasteiger partial charge in [0.05, 0.1) is 0 Å². The summed E-state index contributed by atoms with van der Waals surface area (Å²) in [4.78, 5) is 29.1. The molecule has 0 aromatic rings. The molecule has 0 aromatic carbocycles. The summed E-state index contributed by atoms with van der Waals surface area (Å²) in [7, 11) is -4.66. The van der Waals surface area contributed by atoms with E-state index in [-0.39, 0.29) is 29.6 Å².